The summed E-state index contributed by atoms with van der Waals surface area (Å²) in [4.78, 5) is 21.8. The highest BCUT2D eigenvalue weighted by molar-refractivity contribution is 6.80. The molecular formula is C30H62N2O6Si2. The molecule has 0 aliphatic heterocycles. The minimum absolute atomic E-state index is 0.201. The van der Waals surface area contributed by atoms with Gasteiger partial charge in [0.2, 0.25) is 11.8 Å². The molecule has 2 atom stereocenters. The average molecular weight is 603 g/mol. The van der Waals surface area contributed by atoms with Crippen LogP contribution >= 0.6 is 0 Å². The maximum atomic E-state index is 10.9. The molecule has 0 rings (SSSR count). The predicted molar refractivity (Wildman–Crippen MR) is 173 cm³/mol. The fraction of sp³-hybridized carbons (Fsp3) is 0.800. The van der Waals surface area contributed by atoms with Crippen molar-refractivity contribution in [1.29, 1.82) is 0 Å². The molecule has 0 saturated heterocycles. The zero-order chi connectivity index (χ0) is 31.6. The van der Waals surface area contributed by atoms with Crippen LogP contribution in [0.4, 0.5) is 0 Å². The summed E-state index contributed by atoms with van der Waals surface area (Å²) in [6.45, 7) is 32.5. The van der Waals surface area contributed by atoms with Crippen LogP contribution in [0.3, 0.4) is 0 Å². The molecule has 0 fully saturated rings. The molecule has 0 saturated carbocycles. The Kier molecular flexibility index (Phi) is 20.2. The van der Waals surface area contributed by atoms with Gasteiger partial charge >= 0.3 is 0 Å². The van der Waals surface area contributed by atoms with E-state index < -0.39 is 28.4 Å². The molecule has 0 radical (unpaired) electrons. The van der Waals surface area contributed by atoms with Gasteiger partial charge in [0.25, 0.3) is 0 Å². The molecule has 0 aromatic heterocycles. The standard InChI is InChI=1S/2C15H31NO3Si/c2*1-7-14(18)16-11-13(17)12-19-9-8-10-20(5,6)15(2,3)4/h2*7,13,17H,1,8-12H2,2-6H3,(H,16,18). The molecule has 236 valence electrons. The van der Waals surface area contributed by atoms with E-state index in [-0.39, 0.29) is 38.1 Å². The van der Waals surface area contributed by atoms with E-state index in [0.29, 0.717) is 23.3 Å². The molecule has 0 bridgehead atoms. The molecule has 4 N–H and O–H groups in total. The Balaban J connectivity index is 0. The Hall–Kier alpha value is -1.31. The third kappa shape index (κ3) is 19.7. The lowest BCUT2D eigenvalue weighted by molar-refractivity contribution is -0.117. The second kappa shape index (κ2) is 19.7. The van der Waals surface area contributed by atoms with E-state index in [1.165, 1.54) is 24.2 Å². The lowest BCUT2D eigenvalue weighted by Crippen LogP contribution is -2.37. The molecular weight excluding hydrogens is 541 g/mol. The number of ether oxygens (including phenoxy) is 2. The van der Waals surface area contributed by atoms with Gasteiger partial charge in [-0.25, -0.2) is 0 Å². The van der Waals surface area contributed by atoms with E-state index >= 15 is 0 Å². The molecule has 0 aliphatic rings. The Bertz CT molecular complexity index is 683. The summed E-state index contributed by atoms with van der Waals surface area (Å²) in [5.41, 5.74) is 0. The van der Waals surface area contributed by atoms with Gasteiger partial charge < -0.3 is 30.3 Å². The Morgan fingerprint density at radius 2 is 1.02 bits per heavy atom. The molecule has 40 heavy (non-hydrogen) atoms. The minimum Gasteiger partial charge on any atom is -0.389 e. The van der Waals surface area contributed by atoms with Crippen molar-refractivity contribution in [1.82, 2.24) is 10.6 Å². The SMILES string of the molecule is C=CC(=O)NCC(O)COCCC[Si](C)(C)C(C)(C)C.C=CC(=O)NCC(O)COCCC[Si](C)(C)C(C)(C)C. The molecule has 0 aliphatic carbocycles. The van der Waals surface area contributed by atoms with Crippen molar-refractivity contribution in [3.63, 3.8) is 0 Å². The van der Waals surface area contributed by atoms with Crippen LogP contribution in [0.1, 0.15) is 54.4 Å². The molecule has 2 amide bonds. The molecule has 10 heteroatoms. The first-order chi connectivity index (χ1) is 18.2. The highest BCUT2D eigenvalue weighted by Crippen LogP contribution is 2.40. The lowest BCUT2D eigenvalue weighted by atomic mass is 10.2. The number of aliphatic hydroxyl groups excluding tert-OH is 2. The predicted octanol–water partition coefficient (Wildman–Crippen LogP) is 5.13. The maximum absolute atomic E-state index is 10.9. The number of hydrogen-bond donors (Lipinski definition) is 4. The number of carbonyl (C=O) groups is 2. The van der Waals surface area contributed by atoms with Gasteiger partial charge in [-0.1, -0.05) is 93.0 Å². The highest BCUT2D eigenvalue weighted by Gasteiger charge is 2.34. The van der Waals surface area contributed by atoms with Crippen molar-refractivity contribution in [3.05, 3.63) is 25.3 Å². The van der Waals surface area contributed by atoms with E-state index in [0.717, 1.165) is 12.8 Å². The Morgan fingerprint density at radius 1 is 0.725 bits per heavy atom. The monoisotopic (exact) mass is 602 g/mol. The topological polar surface area (TPSA) is 117 Å². The van der Waals surface area contributed by atoms with Gasteiger partial charge in [-0.15, -0.1) is 0 Å². The van der Waals surface area contributed by atoms with Gasteiger partial charge in [-0.05, 0) is 35.1 Å². The molecule has 8 nitrogen and oxygen atoms in total. The van der Waals surface area contributed by atoms with Crippen LogP contribution in [0.5, 0.6) is 0 Å². The van der Waals surface area contributed by atoms with E-state index in [4.69, 9.17) is 9.47 Å². The number of hydrogen-bond acceptors (Lipinski definition) is 6. The number of nitrogens with one attached hydrogen (secondary N) is 2. The summed E-state index contributed by atoms with van der Waals surface area (Å²) >= 11 is 0. The second-order valence-corrected chi connectivity index (χ2v) is 25.4. The Labute approximate surface area is 247 Å². The highest BCUT2D eigenvalue weighted by atomic mass is 28.3. The molecule has 0 aromatic rings. The molecule has 2 unspecified atom stereocenters. The van der Waals surface area contributed by atoms with Crippen LogP contribution in [0, 0.1) is 0 Å². The lowest BCUT2D eigenvalue weighted by Gasteiger charge is -2.37. The summed E-state index contributed by atoms with van der Waals surface area (Å²) in [6, 6.07) is 2.44. The van der Waals surface area contributed by atoms with E-state index in [1.54, 1.807) is 0 Å². The number of rotatable bonds is 18. The fourth-order valence-electron chi connectivity index (χ4n) is 3.12. The third-order valence-corrected chi connectivity index (χ3v) is 19.6. The number of aliphatic hydroxyl groups is 2. The zero-order valence-corrected chi connectivity index (χ0v) is 29.3. The third-order valence-electron chi connectivity index (χ3n) is 8.26. The quantitative estimate of drug-likeness (QED) is 0.0982. The first-order valence-corrected chi connectivity index (χ1v) is 20.9. The van der Waals surface area contributed by atoms with E-state index in [2.05, 4.69) is 91.5 Å². The van der Waals surface area contributed by atoms with Crippen LogP contribution in [-0.2, 0) is 19.1 Å². The number of amides is 2. The molecule has 0 heterocycles. The van der Waals surface area contributed by atoms with Crippen molar-refractivity contribution in [2.45, 2.75) is 115 Å². The van der Waals surface area contributed by atoms with E-state index in [9.17, 15) is 19.8 Å². The first-order valence-electron chi connectivity index (χ1n) is 14.5. The van der Waals surface area contributed by atoms with Crippen molar-refractivity contribution in [2.75, 3.05) is 39.5 Å². The van der Waals surface area contributed by atoms with Crippen molar-refractivity contribution in [2.24, 2.45) is 0 Å². The molecule has 0 aromatic carbocycles. The summed E-state index contributed by atoms with van der Waals surface area (Å²) < 4.78 is 10.9. The van der Waals surface area contributed by atoms with Crippen LogP contribution in [0.2, 0.25) is 48.4 Å². The smallest absolute Gasteiger partial charge is 0.243 e. The first kappa shape index (κ1) is 40.8. The minimum atomic E-state index is -1.23. The van der Waals surface area contributed by atoms with Crippen LogP contribution in [-0.4, -0.2) is 89.9 Å². The van der Waals surface area contributed by atoms with Crippen LogP contribution < -0.4 is 10.6 Å². The van der Waals surface area contributed by atoms with Gasteiger partial charge in [-0.2, -0.15) is 0 Å². The normalized spacial score (nSPS) is 13.9. The largest absolute Gasteiger partial charge is 0.389 e. The van der Waals surface area contributed by atoms with Crippen molar-refractivity contribution < 1.29 is 29.3 Å². The summed E-state index contributed by atoms with van der Waals surface area (Å²) in [5.74, 6) is -0.552. The Morgan fingerprint density at radius 3 is 1.27 bits per heavy atom. The van der Waals surface area contributed by atoms with Gasteiger partial charge in [0.1, 0.15) is 0 Å². The van der Waals surface area contributed by atoms with Crippen LogP contribution in [0.25, 0.3) is 0 Å². The zero-order valence-electron chi connectivity index (χ0n) is 27.3. The average Bonchev–Trinajstić information content (AvgIpc) is 2.84. The van der Waals surface area contributed by atoms with Crippen LogP contribution in [0.15, 0.2) is 25.3 Å². The van der Waals surface area contributed by atoms with Gasteiger partial charge in [-0.3, -0.25) is 9.59 Å². The van der Waals surface area contributed by atoms with Gasteiger partial charge in [0.05, 0.1) is 41.6 Å². The maximum Gasteiger partial charge on any atom is 0.243 e. The number of carbonyl (C=O) groups excluding carboxylic acids is 2. The summed E-state index contributed by atoms with van der Waals surface area (Å²) in [7, 11) is -2.46. The van der Waals surface area contributed by atoms with Gasteiger partial charge in [0.15, 0.2) is 0 Å². The second-order valence-electron chi connectivity index (χ2n) is 13.8. The van der Waals surface area contributed by atoms with Crippen molar-refractivity contribution in [3.8, 4) is 0 Å². The molecule has 0 spiro atoms. The van der Waals surface area contributed by atoms with Crippen molar-refractivity contribution >= 4 is 28.0 Å². The van der Waals surface area contributed by atoms with Gasteiger partial charge in [0, 0.05) is 26.3 Å². The summed E-state index contributed by atoms with van der Waals surface area (Å²) in [5, 5.41) is 25.1. The van der Waals surface area contributed by atoms with E-state index in [1.807, 2.05) is 0 Å². The fourth-order valence-corrected chi connectivity index (χ4v) is 6.68. The summed E-state index contributed by atoms with van der Waals surface area (Å²) in [6.07, 6.45) is 3.11.